The van der Waals surface area contributed by atoms with Gasteiger partial charge in [-0.2, -0.15) is 5.26 Å². The van der Waals surface area contributed by atoms with Crippen LogP contribution in [0.2, 0.25) is 0 Å². The average Bonchev–Trinajstić information content (AvgIpc) is 2.39. The number of nitro benzene ring substituents is 1. The van der Waals surface area contributed by atoms with Crippen molar-refractivity contribution in [2.75, 3.05) is 7.11 Å². The number of aliphatic imine (C=N–C) groups is 1. The summed E-state index contributed by atoms with van der Waals surface area (Å²) in [6, 6.07) is 7.76. The number of ether oxygens (including phenoxy) is 1. The van der Waals surface area contributed by atoms with Crippen LogP contribution in [-0.4, -0.2) is 18.2 Å². The molecule has 0 spiro atoms. The smallest absolute Gasteiger partial charge is 0.278 e. The fraction of sp³-hybridized carbons (Fsp3) is 0.0909. The number of para-hydroxylation sites is 1. The van der Waals surface area contributed by atoms with Gasteiger partial charge in [0.2, 0.25) is 5.88 Å². The lowest BCUT2D eigenvalue weighted by atomic mass is 10.2. The Balaban J connectivity index is 3.13. The van der Waals surface area contributed by atoms with Crippen LogP contribution in [0.4, 0.5) is 5.69 Å². The number of methoxy groups -OCH3 is 1. The Morgan fingerprint density at radius 1 is 1.61 bits per heavy atom. The summed E-state index contributed by atoms with van der Waals surface area (Å²) in [5.74, 6) is -0.146. The molecule has 2 N–H and O–H groups in total. The van der Waals surface area contributed by atoms with Crippen LogP contribution in [0.25, 0.3) is 0 Å². The minimum absolute atomic E-state index is 0.102. The molecule has 0 aliphatic carbocycles. The number of nitrogens with zero attached hydrogens (tertiary/aromatic N) is 3. The van der Waals surface area contributed by atoms with Gasteiger partial charge in [0.15, 0.2) is 5.70 Å². The van der Waals surface area contributed by atoms with E-state index in [-0.39, 0.29) is 22.8 Å². The SMILES string of the molecule is CO/C(N)=C(\C#N)N=Cc1ccccc1[N+](=O)[O-]. The first-order valence-electron chi connectivity index (χ1n) is 4.81. The molecule has 0 radical (unpaired) electrons. The van der Waals surface area contributed by atoms with E-state index in [1.54, 1.807) is 18.2 Å². The van der Waals surface area contributed by atoms with E-state index in [1.165, 1.54) is 25.5 Å². The molecule has 0 unspecified atom stereocenters. The molecule has 0 heterocycles. The molecule has 7 nitrogen and oxygen atoms in total. The zero-order valence-corrected chi connectivity index (χ0v) is 9.53. The molecule has 0 saturated carbocycles. The number of benzene rings is 1. The normalized spacial score (nSPS) is 11.8. The first-order valence-corrected chi connectivity index (χ1v) is 4.81. The largest absolute Gasteiger partial charge is 0.481 e. The first-order chi connectivity index (χ1) is 8.60. The maximum Gasteiger partial charge on any atom is 0.278 e. The molecule has 1 aromatic rings. The Morgan fingerprint density at radius 2 is 2.28 bits per heavy atom. The number of hydrogen-bond donors (Lipinski definition) is 1. The van der Waals surface area contributed by atoms with E-state index < -0.39 is 4.92 Å². The topological polar surface area (TPSA) is 115 Å². The van der Waals surface area contributed by atoms with Gasteiger partial charge in [-0.1, -0.05) is 12.1 Å². The van der Waals surface area contributed by atoms with E-state index in [1.807, 2.05) is 0 Å². The number of allylic oxidation sites excluding steroid dienone is 1. The van der Waals surface area contributed by atoms with Gasteiger partial charge in [0.1, 0.15) is 6.07 Å². The average molecular weight is 246 g/mol. The maximum atomic E-state index is 10.7. The highest BCUT2D eigenvalue weighted by atomic mass is 16.6. The Bertz CT molecular complexity index is 558. The van der Waals surface area contributed by atoms with Gasteiger partial charge in [-0.3, -0.25) is 10.1 Å². The second-order valence-corrected chi connectivity index (χ2v) is 3.10. The fourth-order valence-corrected chi connectivity index (χ4v) is 1.14. The highest BCUT2D eigenvalue weighted by Crippen LogP contribution is 2.15. The molecular weight excluding hydrogens is 236 g/mol. The quantitative estimate of drug-likeness (QED) is 0.283. The Labute approximate surface area is 103 Å². The van der Waals surface area contributed by atoms with Crippen molar-refractivity contribution in [3.05, 3.63) is 51.5 Å². The van der Waals surface area contributed by atoms with Gasteiger partial charge in [-0.25, -0.2) is 4.99 Å². The van der Waals surface area contributed by atoms with E-state index in [2.05, 4.69) is 9.73 Å². The zero-order chi connectivity index (χ0) is 13.5. The van der Waals surface area contributed by atoms with Crippen molar-refractivity contribution in [1.82, 2.24) is 0 Å². The summed E-state index contributed by atoms with van der Waals surface area (Å²) in [5.41, 5.74) is 5.41. The van der Waals surface area contributed by atoms with Gasteiger partial charge in [-0.15, -0.1) is 0 Å². The number of rotatable bonds is 4. The number of nitrogens with two attached hydrogens (primary N) is 1. The van der Waals surface area contributed by atoms with Crippen LogP contribution >= 0.6 is 0 Å². The molecule has 0 fully saturated rings. The van der Waals surface area contributed by atoms with Gasteiger partial charge >= 0.3 is 0 Å². The molecule has 0 aromatic heterocycles. The Hall–Kier alpha value is -2.88. The predicted octanol–water partition coefficient (Wildman–Crippen LogP) is 1.31. The summed E-state index contributed by atoms with van der Waals surface area (Å²) in [7, 11) is 1.30. The van der Waals surface area contributed by atoms with Crippen LogP contribution in [-0.2, 0) is 4.74 Å². The lowest BCUT2D eigenvalue weighted by Gasteiger charge is -1.99. The van der Waals surface area contributed by atoms with E-state index in [0.29, 0.717) is 0 Å². The van der Waals surface area contributed by atoms with Crippen molar-refractivity contribution in [2.24, 2.45) is 10.7 Å². The summed E-state index contributed by atoms with van der Waals surface area (Å²) in [5, 5.41) is 19.5. The molecule has 0 bridgehead atoms. The second kappa shape index (κ2) is 6.00. The Kier molecular flexibility index (Phi) is 4.40. The van der Waals surface area contributed by atoms with Crippen molar-refractivity contribution in [2.45, 2.75) is 0 Å². The van der Waals surface area contributed by atoms with Crippen LogP contribution < -0.4 is 5.73 Å². The summed E-state index contributed by atoms with van der Waals surface area (Å²) in [6.07, 6.45) is 1.20. The van der Waals surface area contributed by atoms with Gasteiger partial charge in [0, 0.05) is 12.3 Å². The number of nitro groups is 1. The van der Waals surface area contributed by atoms with Crippen LogP contribution in [0.15, 0.2) is 40.8 Å². The van der Waals surface area contributed by atoms with Gasteiger partial charge in [0.05, 0.1) is 17.6 Å². The van der Waals surface area contributed by atoms with Crippen LogP contribution in [0.5, 0.6) is 0 Å². The van der Waals surface area contributed by atoms with E-state index in [9.17, 15) is 10.1 Å². The summed E-state index contributed by atoms with van der Waals surface area (Å²) < 4.78 is 4.66. The van der Waals surface area contributed by atoms with Crippen LogP contribution in [0.1, 0.15) is 5.56 Å². The molecule has 7 heteroatoms. The third-order valence-corrected chi connectivity index (χ3v) is 2.03. The van der Waals surface area contributed by atoms with Crippen molar-refractivity contribution in [3.8, 4) is 6.07 Å². The third-order valence-electron chi connectivity index (χ3n) is 2.03. The first kappa shape index (κ1) is 13.2. The molecule has 0 atom stereocenters. The van der Waals surface area contributed by atoms with Gasteiger partial charge in [0.25, 0.3) is 5.69 Å². The number of nitriles is 1. The number of hydrogen-bond acceptors (Lipinski definition) is 6. The molecule has 92 valence electrons. The molecule has 0 saturated heterocycles. The summed E-state index contributed by atoms with van der Waals surface area (Å²) in [6.45, 7) is 0. The maximum absolute atomic E-state index is 10.7. The minimum atomic E-state index is -0.531. The minimum Gasteiger partial charge on any atom is -0.481 e. The molecular formula is C11H10N4O3. The molecule has 0 aliphatic rings. The fourth-order valence-electron chi connectivity index (χ4n) is 1.14. The highest BCUT2D eigenvalue weighted by Gasteiger charge is 2.10. The van der Waals surface area contributed by atoms with Crippen LogP contribution in [0, 0.1) is 21.4 Å². The van der Waals surface area contributed by atoms with Crippen molar-refractivity contribution in [1.29, 1.82) is 5.26 Å². The third kappa shape index (κ3) is 3.05. The van der Waals surface area contributed by atoms with E-state index >= 15 is 0 Å². The zero-order valence-electron chi connectivity index (χ0n) is 9.53. The van der Waals surface area contributed by atoms with Crippen molar-refractivity contribution in [3.63, 3.8) is 0 Å². The predicted molar refractivity (Wildman–Crippen MR) is 64.5 cm³/mol. The van der Waals surface area contributed by atoms with Gasteiger partial charge in [-0.05, 0) is 6.07 Å². The van der Waals surface area contributed by atoms with E-state index in [0.717, 1.165) is 0 Å². The van der Waals surface area contributed by atoms with Crippen molar-refractivity contribution < 1.29 is 9.66 Å². The van der Waals surface area contributed by atoms with Crippen LogP contribution in [0.3, 0.4) is 0 Å². The van der Waals surface area contributed by atoms with Crippen molar-refractivity contribution >= 4 is 11.9 Å². The molecule has 0 aliphatic heterocycles. The standard InChI is InChI=1S/C11H10N4O3/c1-18-11(13)9(6-12)14-7-8-4-2-3-5-10(8)15(16)17/h2-5,7H,13H2,1H3/b11-9+,14-7?. The summed E-state index contributed by atoms with van der Waals surface area (Å²) >= 11 is 0. The molecule has 1 aromatic carbocycles. The lowest BCUT2D eigenvalue weighted by Crippen LogP contribution is -2.03. The second-order valence-electron chi connectivity index (χ2n) is 3.10. The molecule has 1 rings (SSSR count). The summed E-state index contributed by atoms with van der Waals surface area (Å²) in [4.78, 5) is 14.0. The Morgan fingerprint density at radius 3 is 2.83 bits per heavy atom. The molecule has 18 heavy (non-hydrogen) atoms. The molecule has 0 amide bonds. The van der Waals surface area contributed by atoms with E-state index in [4.69, 9.17) is 11.0 Å². The highest BCUT2D eigenvalue weighted by molar-refractivity contribution is 5.86. The van der Waals surface area contributed by atoms with Gasteiger partial charge < -0.3 is 10.5 Å². The lowest BCUT2D eigenvalue weighted by molar-refractivity contribution is -0.385. The monoisotopic (exact) mass is 246 g/mol.